The second kappa shape index (κ2) is 7.49. The van der Waals surface area contributed by atoms with Gasteiger partial charge in [-0.15, -0.1) is 11.8 Å². The highest BCUT2D eigenvalue weighted by atomic mass is 79.9. The van der Waals surface area contributed by atoms with Crippen LogP contribution in [0.25, 0.3) is 0 Å². The molecule has 3 unspecified atom stereocenters. The second-order valence-electron chi connectivity index (χ2n) is 4.95. The number of carboxylic acids is 1. The summed E-state index contributed by atoms with van der Waals surface area (Å²) in [5.41, 5.74) is -0.503. The number of ketones is 1. The van der Waals surface area contributed by atoms with Crippen LogP contribution in [0.5, 0.6) is 0 Å². The van der Waals surface area contributed by atoms with Crippen molar-refractivity contribution in [3.05, 3.63) is 0 Å². The third kappa shape index (κ3) is 3.26. The highest BCUT2D eigenvalue weighted by molar-refractivity contribution is 9.09. The Morgan fingerprint density at radius 3 is 2.71 bits per heavy atom. The lowest BCUT2D eigenvalue weighted by atomic mass is 9.99. The lowest BCUT2D eigenvalue weighted by Gasteiger charge is -2.53. The van der Waals surface area contributed by atoms with Gasteiger partial charge in [-0.2, -0.15) is 0 Å². The molecule has 0 spiro atoms. The highest BCUT2D eigenvalue weighted by Crippen LogP contribution is 2.38. The molecule has 0 aromatic rings. The summed E-state index contributed by atoms with van der Waals surface area (Å²) in [7, 11) is 1.17. The molecule has 4 atom stereocenters. The minimum Gasteiger partial charge on any atom is -0.480 e. The molecule has 0 radical (unpaired) electrons. The van der Waals surface area contributed by atoms with Crippen LogP contribution in [-0.2, 0) is 24.0 Å². The molecule has 0 bridgehead atoms. The number of rotatable bonds is 6. The van der Waals surface area contributed by atoms with E-state index in [2.05, 4.69) is 31.2 Å². The van der Waals surface area contributed by atoms with Crippen molar-refractivity contribution in [2.24, 2.45) is 5.16 Å². The molecule has 10 nitrogen and oxygen atoms in total. The van der Waals surface area contributed by atoms with E-state index in [1.165, 1.54) is 7.11 Å². The summed E-state index contributed by atoms with van der Waals surface area (Å²) in [6, 6.07) is -2.35. The van der Waals surface area contributed by atoms with Gasteiger partial charge in [0.15, 0.2) is 6.04 Å². The van der Waals surface area contributed by atoms with Gasteiger partial charge in [-0.25, -0.2) is 4.79 Å². The van der Waals surface area contributed by atoms with E-state index in [4.69, 9.17) is 5.11 Å². The van der Waals surface area contributed by atoms with Gasteiger partial charge in [-0.1, -0.05) is 21.1 Å². The first kappa shape index (κ1) is 18.7. The van der Waals surface area contributed by atoms with Crippen LogP contribution < -0.4 is 5.32 Å². The summed E-state index contributed by atoms with van der Waals surface area (Å²) >= 11 is 4.06. The Morgan fingerprint density at radius 2 is 2.17 bits per heavy atom. The SMILES string of the molecule is CON=C(C(=O)CBr)C(=O)NC1C(=O)N2C(C(=O)O)C(O)CS[C@H]12. The van der Waals surface area contributed by atoms with Gasteiger partial charge in [0.25, 0.3) is 5.91 Å². The molecule has 0 saturated carbocycles. The third-order valence-corrected chi connectivity index (χ3v) is 5.39. The average Bonchev–Trinajstić information content (AvgIpc) is 2.55. The fourth-order valence-electron chi connectivity index (χ4n) is 2.43. The van der Waals surface area contributed by atoms with E-state index in [0.717, 1.165) is 16.7 Å². The number of amides is 2. The van der Waals surface area contributed by atoms with Crippen LogP contribution in [0.15, 0.2) is 5.16 Å². The summed E-state index contributed by atoms with van der Waals surface area (Å²) in [6.45, 7) is 0. The molecule has 2 rings (SSSR count). The number of aliphatic hydroxyl groups is 1. The van der Waals surface area contributed by atoms with Gasteiger partial charge in [0.1, 0.15) is 18.5 Å². The normalized spacial score (nSPS) is 29.4. The number of alkyl halides is 1. The van der Waals surface area contributed by atoms with Crippen LogP contribution in [0.4, 0.5) is 0 Å². The molecule has 0 aliphatic carbocycles. The third-order valence-electron chi connectivity index (χ3n) is 3.50. The van der Waals surface area contributed by atoms with Crippen molar-refractivity contribution in [1.29, 1.82) is 0 Å². The number of β-lactam (4-membered cyclic amide) rings is 1. The minimum atomic E-state index is -1.35. The Balaban J connectivity index is 2.11. The Labute approximate surface area is 148 Å². The lowest BCUT2D eigenvalue weighted by molar-refractivity contribution is -0.167. The van der Waals surface area contributed by atoms with E-state index in [1.807, 2.05) is 0 Å². The molecule has 0 aromatic carbocycles. The number of carboxylic acid groups (broad SMARTS) is 1. The molecular weight excluding hydrogens is 410 g/mol. The van der Waals surface area contributed by atoms with Crippen molar-refractivity contribution in [2.75, 3.05) is 18.2 Å². The summed E-state index contributed by atoms with van der Waals surface area (Å²) in [5.74, 6) is -3.37. The van der Waals surface area contributed by atoms with Crippen LogP contribution in [0.2, 0.25) is 0 Å². The van der Waals surface area contributed by atoms with Gasteiger partial charge in [0.05, 0.1) is 11.4 Å². The zero-order valence-corrected chi connectivity index (χ0v) is 14.7. The van der Waals surface area contributed by atoms with Crippen molar-refractivity contribution in [1.82, 2.24) is 10.2 Å². The number of hydrogen-bond acceptors (Lipinski definition) is 8. The number of halogens is 1. The molecular formula is C12H14BrN3O7S. The summed E-state index contributed by atoms with van der Waals surface area (Å²) in [4.78, 5) is 52.6. The summed E-state index contributed by atoms with van der Waals surface area (Å²) in [5, 5.41) is 23.8. The number of fused-ring (bicyclic) bond motifs is 1. The van der Waals surface area contributed by atoms with Gasteiger partial charge in [-0.3, -0.25) is 14.4 Å². The largest absolute Gasteiger partial charge is 0.480 e. The molecule has 2 amide bonds. The van der Waals surface area contributed by atoms with Crippen molar-refractivity contribution < 1.29 is 34.2 Å². The smallest absolute Gasteiger partial charge is 0.329 e. The Hall–Kier alpha value is -1.66. The molecule has 0 aromatic heterocycles. The maximum Gasteiger partial charge on any atom is 0.329 e. The number of carbonyl (C=O) groups is 4. The summed E-state index contributed by atoms with van der Waals surface area (Å²) in [6.07, 6.45) is -1.19. The first-order valence-corrected chi connectivity index (χ1v) is 8.86. The van der Waals surface area contributed by atoms with E-state index in [9.17, 15) is 24.3 Å². The number of hydrogen-bond donors (Lipinski definition) is 3. The van der Waals surface area contributed by atoms with Crippen molar-refractivity contribution in [3.8, 4) is 0 Å². The van der Waals surface area contributed by atoms with Crippen LogP contribution in [0.3, 0.4) is 0 Å². The number of nitrogens with zero attached hydrogens (tertiary/aromatic N) is 2. The molecule has 2 heterocycles. The minimum absolute atomic E-state index is 0.108. The van der Waals surface area contributed by atoms with E-state index in [0.29, 0.717) is 0 Å². The molecule has 24 heavy (non-hydrogen) atoms. The maximum atomic E-state index is 12.2. The quantitative estimate of drug-likeness (QED) is 0.148. The number of nitrogens with one attached hydrogen (secondary N) is 1. The zero-order chi connectivity index (χ0) is 18.0. The standard InChI is InChI=1S/C12H14BrN3O7S/c1-23-15-6(4(17)2-13)9(19)14-7-10(20)16-8(12(21)22)5(18)3-24-11(7)16/h5,7-8,11,18H,2-3H2,1H3,(H,14,19)(H,21,22)/t5?,7?,8?,11-/m1/s1. The zero-order valence-electron chi connectivity index (χ0n) is 12.3. The number of Topliss-reactive ketones (excluding diaryl/α,β-unsaturated/α-hetero) is 1. The monoisotopic (exact) mass is 423 g/mol. The van der Waals surface area contributed by atoms with Crippen molar-refractivity contribution >= 4 is 57.0 Å². The Bertz CT molecular complexity index is 613. The van der Waals surface area contributed by atoms with Crippen LogP contribution in [0, 0.1) is 0 Å². The van der Waals surface area contributed by atoms with E-state index < -0.39 is 52.8 Å². The van der Waals surface area contributed by atoms with Gasteiger partial charge < -0.3 is 25.3 Å². The van der Waals surface area contributed by atoms with Gasteiger partial charge in [0, 0.05) is 5.75 Å². The predicted octanol–water partition coefficient (Wildman–Crippen LogP) is -1.83. The van der Waals surface area contributed by atoms with Crippen LogP contribution in [-0.4, -0.2) is 86.1 Å². The van der Waals surface area contributed by atoms with Gasteiger partial charge in [-0.05, 0) is 0 Å². The Morgan fingerprint density at radius 1 is 1.50 bits per heavy atom. The summed E-state index contributed by atoms with van der Waals surface area (Å²) < 4.78 is 0. The Kier molecular flexibility index (Phi) is 5.83. The first-order valence-electron chi connectivity index (χ1n) is 6.69. The number of aliphatic carboxylic acids is 1. The average molecular weight is 424 g/mol. The van der Waals surface area contributed by atoms with E-state index >= 15 is 0 Å². The molecule has 2 saturated heterocycles. The fraction of sp³-hybridized carbons (Fsp3) is 0.583. The first-order chi connectivity index (χ1) is 11.3. The van der Waals surface area contributed by atoms with Crippen LogP contribution >= 0.6 is 27.7 Å². The maximum absolute atomic E-state index is 12.2. The molecule has 2 fully saturated rings. The lowest BCUT2D eigenvalue weighted by Crippen LogP contribution is -2.77. The molecule has 3 N–H and O–H groups in total. The van der Waals surface area contributed by atoms with Crippen molar-refractivity contribution in [3.63, 3.8) is 0 Å². The molecule has 12 heteroatoms. The number of carbonyl (C=O) groups excluding carboxylic acids is 3. The molecule has 2 aliphatic rings. The van der Waals surface area contributed by atoms with E-state index in [-0.39, 0.29) is 11.1 Å². The van der Waals surface area contributed by atoms with Crippen molar-refractivity contribution in [2.45, 2.75) is 23.6 Å². The highest BCUT2D eigenvalue weighted by Gasteiger charge is 2.58. The number of aliphatic hydroxyl groups excluding tert-OH is 1. The topological polar surface area (TPSA) is 146 Å². The second-order valence-corrected chi connectivity index (χ2v) is 6.66. The predicted molar refractivity (Wildman–Crippen MR) is 85.7 cm³/mol. The number of oxime groups is 1. The van der Waals surface area contributed by atoms with E-state index in [1.54, 1.807) is 0 Å². The number of thioether (sulfide) groups is 1. The fourth-order valence-corrected chi connectivity index (χ4v) is 4.05. The van der Waals surface area contributed by atoms with Crippen LogP contribution in [0.1, 0.15) is 0 Å². The van der Waals surface area contributed by atoms with Gasteiger partial charge in [0.2, 0.25) is 17.4 Å². The molecule has 132 valence electrons. The van der Waals surface area contributed by atoms with Gasteiger partial charge >= 0.3 is 5.97 Å². The molecule has 2 aliphatic heterocycles.